The third-order valence-corrected chi connectivity index (χ3v) is 4.21. The van der Waals surface area contributed by atoms with Gasteiger partial charge in [0.2, 0.25) is 5.28 Å². The van der Waals surface area contributed by atoms with Crippen LogP contribution in [0.5, 0.6) is 0 Å². The summed E-state index contributed by atoms with van der Waals surface area (Å²) >= 11 is 6.26. The van der Waals surface area contributed by atoms with Crippen LogP contribution in [0.4, 0.5) is 0 Å². The van der Waals surface area contributed by atoms with Crippen molar-refractivity contribution in [2.45, 2.75) is 33.5 Å². The highest BCUT2D eigenvalue weighted by Crippen LogP contribution is 2.23. The van der Waals surface area contributed by atoms with Crippen molar-refractivity contribution in [2.24, 2.45) is 13.0 Å². The largest absolute Gasteiger partial charge is 0.437 e. The Hall–Kier alpha value is -2.13. The second-order valence-corrected chi connectivity index (χ2v) is 8.45. The van der Waals surface area contributed by atoms with E-state index in [9.17, 15) is 14.4 Å². The summed E-state index contributed by atoms with van der Waals surface area (Å²) in [5, 5.41) is -0.0178. The zero-order valence-corrected chi connectivity index (χ0v) is 17.6. The molecule has 0 spiro atoms. The predicted octanol–water partition coefficient (Wildman–Crippen LogP) is 0.974. The van der Waals surface area contributed by atoms with Gasteiger partial charge in [0, 0.05) is 13.6 Å². The SMILES string of the molecule is CC(C)Cn1c(=O)n(C)c(=O)c2c1nc(Cl)n2C(C)OC(=O)C[N+](C)(C)C. The van der Waals surface area contributed by atoms with E-state index < -0.39 is 23.4 Å². The summed E-state index contributed by atoms with van der Waals surface area (Å²) in [6.45, 7) is 6.06. The van der Waals surface area contributed by atoms with Gasteiger partial charge in [-0.1, -0.05) is 13.8 Å². The lowest BCUT2D eigenvalue weighted by atomic mass is 10.2. The first-order chi connectivity index (χ1) is 12.3. The molecule has 0 saturated carbocycles. The number of fused-ring (bicyclic) bond motifs is 1. The van der Waals surface area contributed by atoms with E-state index in [1.165, 1.54) is 16.2 Å². The molecule has 0 aliphatic heterocycles. The fourth-order valence-electron chi connectivity index (χ4n) is 2.83. The standard InChI is InChI=1S/C17H27ClN5O4/c1-10(2)8-21-14-13(15(25)20(4)17(21)26)22(16(18)19-14)11(3)27-12(24)9-23(5,6)7/h10-11H,8-9H2,1-7H3/q+1. The minimum atomic E-state index is -0.848. The van der Waals surface area contributed by atoms with Gasteiger partial charge in [0.15, 0.2) is 23.9 Å². The second kappa shape index (κ2) is 7.47. The van der Waals surface area contributed by atoms with E-state index in [-0.39, 0.29) is 28.9 Å². The first-order valence-electron chi connectivity index (χ1n) is 8.70. The topological polar surface area (TPSA) is 88.1 Å². The molecule has 2 rings (SSSR count). The fraction of sp³-hybridized carbons (Fsp3) is 0.647. The number of esters is 1. The molecular formula is C17H27ClN5O4+. The summed E-state index contributed by atoms with van der Waals surface area (Å²) in [6, 6.07) is 0. The van der Waals surface area contributed by atoms with Crippen LogP contribution in [0.1, 0.15) is 27.0 Å². The minimum Gasteiger partial charge on any atom is -0.437 e. The van der Waals surface area contributed by atoms with Crippen LogP contribution in [-0.2, 0) is 23.1 Å². The highest BCUT2D eigenvalue weighted by Gasteiger charge is 2.26. The molecule has 1 atom stereocenters. The Kier molecular flexibility index (Phi) is 5.86. The number of hydrogen-bond donors (Lipinski definition) is 0. The van der Waals surface area contributed by atoms with Crippen LogP contribution in [0.25, 0.3) is 11.2 Å². The van der Waals surface area contributed by atoms with Crippen molar-refractivity contribution in [2.75, 3.05) is 27.7 Å². The van der Waals surface area contributed by atoms with Gasteiger partial charge < -0.3 is 9.22 Å². The lowest BCUT2D eigenvalue weighted by Gasteiger charge is -2.24. The lowest BCUT2D eigenvalue weighted by molar-refractivity contribution is -0.862. The Morgan fingerprint density at radius 3 is 2.33 bits per heavy atom. The quantitative estimate of drug-likeness (QED) is 0.409. The molecular weight excluding hydrogens is 374 g/mol. The van der Waals surface area contributed by atoms with E-state index in [2.05, 4.69) is 4.98 Å². The second-order valence-electron chi connectivity index (χ2n) is 8.11. The van der Waals surface area contributed by atoms with Crippen LogP contribution >= 0.6 is 11.6 Å². The molecule has 2 aromatic heterocycles. The molecule has 1 unspecified atom stereocenters. The van der Waals surface area contributed by atoms with E-state index in [0.29, 0.717) is 11.0 Å². The van der Waals surface area contributed by atoms with Gasteiger partial charge in [-0.25, -0.2) is 9.59 Å². The average Bonchev–Trinajstić information content (AvgIpc) is 2.84. The maximum Gasteiger partial charge on any atom is 0.363 e. The van der Waals surface area contributed by atoms with Crippen molar-refractivity contribution in [1.82, 2.24) is 18.7 Å². The van der Waals surface area contributed by atoms with Gasteiger partial charge >= 0.3 is 11.7 Å². The number of aromatic nitrogens is 4. The highest BCUT2D eigenvalue weighted by atomic mass is 35.5. The van der Waals surface area contributed by atoms with Crippen LogP contribution in [0.3, 0.4) is 0 Å². The molecule has 0 fully saturated rings. The van der Waals surface area contributed by atoms with E-state index in [0.717, 1.165) is 4.57 Å². The molecule has 9 nitrogen and oxygen atoms in total. The minimum absolute atomic E-state index is 0.0178. The Morgan fingerprint density at radius 2 is 1.81 bits per heavy atom. The number of halogens is 1. The number of likely N-dealkylation sites (N-methyl/N-ethyl adjacent to an activating group) is 1. The Bertz CT molecular complexity index is 980. The predicted molar refractivity (Wildman–Crippen MR) is 103 cm³/mol. The number of ether oxygens (including phenoxy) is 1. The summed E-state index contributed by atoms with van der Waals surface area (Å²) in [6.07, 6.45) is -0.848. The molecule has 0 amide bonds. The maximum absolute atomic E-state index is 12.7. The molecule has 0 aliphatic carbocycles. The third-order valence-electron chi connectivity index (χ3n) is 3.95. The van der Waals surface area contributed by atoms with Gasteiger partial charge in [-0.15, -0.1) is 0 Å². The summed E-state index contributed by atoms with van der Waals surface area (Å²) < 4.78 is 9.64. The smallest absolute Gasteiger partial charge is 0.363 e. The van der Waals surface area contributed by atoms with Crippen molar-refractivity contribution in [3.05, 3.63) is 26.1 Å². The monoisotopic (exact) mass is 400 g/mol. The van der Waals surface area contributed by atoms with Gasteiger partial charge in [0.1, 0.15) is 0 Å². The molecule has 0 aromatic carbocycles. The van der Waals surface area contributed by atoms with Crippen LogP contribution in [0.2, 0.25) is 5.28 Å². The molecule has 0 radical (unpaired) electrons. The summed E-state index contributed by atoms with van der Waals surface area (Å²) in [7, 11) is 7.00. The van der Waals surface area contributed by atoms with Crippen LogP contribution in [0.15, 0.2) is 9.59 Å². The number of imidazole rings is 1. The molecule has 150 valence electrons. The van der Waals surface area contributed by atoms with Gasteiger partial charge in [0.25, 0.3) is 5.56 Å². The molecule has 27 heavy (non-hydrogen) atoms. The van der Waals surface area contributed by atoms with Crippen molar-refractivity contribution < 1.29 is 14.0 Å². The Morgan fingerprint density at radius 1 is 1.22 bits per heavy atom. The van der Waals surface area contributed by atoms with E-state index in [1.807, 2.05) is 35.0 Å². The van der Waals surface area contributed by atoms with Crippen LogP contribution < -0.4 is 11.2 Å². The number of hydrogen-bond acceptors (Lipinski definition) is 5. The fourth-order valence-corrected chi connectivity index (χ4v) is 3.13. The molecule has 0 bridgehead atoms. The van der Waals surface area contributed by atoms with Crippen molar-refractivity contribution >= 4 is 28.7 Å². The number of carbonyl (C=O) groups is 1. The number of carbonyl (C=O) groups excluding carboxylic acids is 1. The lowest BCUT2D eigenvalue weighted by Crippen LogP contribution is -2.41. The van der Waals surface area contributed by atoms with Gasteiger partial charge in [-0.2, -0.15) is 4.98 Å². The number of quaternary nitrogens is 1. The van der Waals surface area contributed by atoms with Crippen LogP contribution in [0, 0.1) is 5.92 Å². The van der Waals surface area contributed by atoms with E-state index in [1.54, 1.807) is 6.92 Å². The van der Waals surface area contributed by atoms with Crippen molar-refractivity contribution in [3.8, 4) is 0 Å². The molecule has 0 saturated heterocycles. The van der Waals surface area contributed by atoms with Gasteiger partial charge in [0.05, 0.1) is 21.1 Å². The Labute approximate surface area is 162 Å². The number of nitrogens with zero attached hydrogens (tertiary/aromatic N) is 5. The summed E-state index contributed by atoms with van der Waals surface area (Å²) in [4.78, 5) is 41.6. The molecule has 2 heterocycles. The third kappa shape index (κ3) is 4.41. The van der Waals surface area contributed by atoms with Gasteiger partial charge in [-0.05, 0) is 24.4 Å². The normalized spacial score (nSPS) is 13.4. The summed E-state index contributed by atoms with van der Waals surface area (Å²) in [5.74, 6) is -0.271. The zero-order valence-electron chi connectivity index (χ0n) is 16.8. The molecule has 10 heteroatoms. The van der Waals surface area contributed by atoms with E-state index in [4.69, 9.17) is 16.3 Å². The highest BCUT2D eigenvalue weighted by molar-refractivity contribution is 6.29. The molecule has 0 N–H and O–H groups in total. The van der Waals surface area contributed by atoms with Gasteiger partial charge in [-0.3, -0.25) is 18.5 Å². The van der Waals surface area contributed by atoms with Crippen molar-refractivity contribution in [1.29, 1.82) is 0 Å². The zero-order chi connectivity index (χ0) is 20.7. The number of rotatable bonds is 6. The average molecular weight is 401 g/mol. The first kappa shape index (κ1) is 21.2. The van der Waals surface area contributed by atoms with Crippen molar-refractivity contribution in [3.63, 3.8) is 0 Å². The maximum atomic E-state index is 12.7. The molecule has 0 aliphatic rings. The first-order valence-corrected chi connectivity index (χ1v) is 9.08. The Balaban J connectivity index is 2.60. The molecule has 2 aromatic rings. The van der Waals surface area contributed by atoms with E-state index >= 15 is 0 Å². The van der Waals surface area contributed by atoms with Crippen LogP contribution in [-0.4, -0.2) is 56.8 Å². The summed E-state index contributed by atoms with van der Waals surface area (Å²) in [5.41, 5.74) is -0.675.